The molecule has 1 aliphatic rings. The summed E-state index contributed by atoms with van der Waals surface area (Å²) in [6.07, 6.45) is -1.21. The molecule has 4 nitrogen and oxygen atoms in total. The van der Waals surface area contributed by atoms with Crippen molar-refractivity contribution in [2.45, 2.75) is 37.4 Å². The lowest BCUT2D eigenvalue weighted by molar-refractivity contribution is -0.136. The minimum Gasteiger partial charge on any atom is -0.497 e. The number of halogens is 3. The standard InChI is InChI=1S/C20H21F3N2O2/c1-27-15-10-8-14(9-11-15)19(12-4-5-13-19)25-18(26)24-17-7-3-2-6-16(17)20(21,22)23/h2-3,6-11H,4-5,12-13H2,1H3,(H2,24,25,26). The number of anilines is 1. The third kappa shape index (κ3) is 4.18. The predicted molar refractivity (Wildman–Crippen MR) is 96.7 cm³/mol. The Morgan fingerprint density at radius 3 is 2.26 bits per heavy atom. The zero-order chi connectivity index (χ0) is 19.5. The fourth-order valence-corrected chi connectivity index (χ4v) is 3.58. The van der Waals surface area contributed by atoms with E-state index in [1.807, 2.05) is 24.3 Å². The molecule has 1 saturated carbocycles. The molecule has 0 saturated heterocycles. The number of nitrogens with one attached hydrogen (secondary N) is 2. The molecule has 1 aliphatic carbocycles. The van der Waals surface area contributed by atoms with E-state index in [1.165, 1.54) is 18.2 Å². The molecular formula is C20H21F3N2O2. The highest BCUT2D eigenvalue weighted by Crippen LogP contribution is 2.40. The van der Waals surface area contributed by atoms with Crippen molar-refractivity contribution in [3.8, 4) is 5.75 Å². The second kappa shape index (κ2) is 7.50. The lowest BCUT2D eigenvalue weighted by atomic mass is 9.88. The molecule has 1 fully saturated rings. The molecule has 27 heavy (non-hydrogen) atoms. The average molecular weight is 378 g/mol. The Hall–Kier alpha value is -2.70. The summed E-state index contributed by atoms with van der Waals surface area (Å²) in [5.41, 5.74) is -0.806. The van der Waals surface area contributed by atoms with Crippen LogP contribution in [0.5, 0.6) is 5.75 Å². The number of methoxy groups -OCH3 is 1. The number of carbonyl (C=O) groups excluding carboxylic acids is 1. The van der Waals surface area contributed by atoms with E-state index in [4.69, 9.17) is 4.74 Å². The van der Waals surface area contributed by atoms with Crippen LogP contribution in [0.3, 0.4) is 0 Å². The fourth-order valence-electron chi connectivity index (χ4n) is 3.58. The Kier molecular flexibility index (Phi) is 5.30. The van der Waals surface area contributed by atoms with E-state index in [0.29, 0.717) is 5.75 Å². The molecule has 0 bridgehead atoms. The molecule has 0 spiro atoms. The van der Waals surface area contributed by atoms with Gasteiger partial charge in [-0.25, -0.2) is 4.79 Å². The van der Waals surface area contributed by atoms with Gasteiger partial charge in [0.2, 0.25) is 0 Å². The summed E-state index contributed by atoms with van der Waals surface area (Å²) in [6.45, 7) is 0. The molecule has 0 atom stereocenters. The smallest absolute Gasteiger partial charge is 0.418 e. The van der Waals surface area contributed by atoms with Crippen LogP contribution in [0.4, 0.5) is 23.7 Å². The minimum absolute atomic E-state index is 0.259. The van der Waals surface area contributed by atoms with Gasteiger partial charge in [0.15, 0.2) is 0 Å². The van der Waals surface area contributed by atoms with Gasteiger partial charge in [0, 0.05) is 0 Å². The number of benzene rings is 2. The topological polar surface area (TPSA) is 50.4 Å². The van der Waals surface area contributed by atoms with Gasteiger partial charge in [-0.05, 0) is 42.7 Å². The maximum absolute atomic E-state index is 13.1. The number of rotatable bonds is 4. The molecule has 2 aromatic rings. The van der Waals surface area contributed by atoms with Gasteiger partial charge in [-0.15, -0.1) is 0 Å². The van der Waals surface area contributed by atoms with Crippen LogP contribution in [0.1, 0.15) is 36.8 Å². The number of hydrogen-bond donors (Lipinski definition) is 2. The lowest BCUT2D eigenvalue weighted by Gasteiger charge is -2.31. The van der Waals surface area contributed by atoms with Gasteiger partial charge in [0.25, 0.3) is 0 Å². The van der Waals surface area contributed by atoms with Crippen LogP contribution < -0.4 is 15.4 Å². The highest BCUT2D eigenvalue weighted by molar-refractivity contribution is 5.90. The minimum atomic E-state index is -4.54. The highest BCUT2D eigenvalue weighted by Gasteiger charge is 2.38. The van der Waals surface area contributed by atoms with Gasteiger partial charge in [-0.1, -0.05) is 37.1 Å². The van der Waals surface area contributed by atoms with Crippen LogP contribution in [0.15, 0.2) is 48.5 Å². The van der Waals surface area contributed by atoms with Crippen LogP contribution in [0.25, 0.3) is 0 Å². The van der Waals surface area contributed by atoms with E-state index < -0.39 is 23.3 Å². The second-order valence-corrected chi connectivity index (χ2v) is 6.64. The predicted octanol–water partition coefficient (Wildman–Crippen LogP) is 5.31. The van der Waals surface area contributed by atoms with E-state index in [2.05, 4.69) is 10.6 Å². The number of ether oxygens (including phenoxy) is 1. The first-order valence-corrected chi connectivity index (χ1v) is 8.74. The van der Waals surface area contributed by atoms with Gasteiger partial charge in [0.1, 0.15) is 5.75 Å². The monoisotopic (exact) mass is 378 g/mol. The Morgan fingerprint density at radius 1 is 1.04 bits per heavy atom. The van der Waals surface area contributed by atoms with Crippen molar-refractivity contribution in [3.05, 3.63) is 59.7 Å². The van der Waals surface area contributed by atoms with Crippen LogP contribution in [-0.2, 0) is 11.7 Å². The molecule has 0 aliphatic heterocycles. The molecule has 7 heteroatoms. The molecular weight excluding hydrogens is 357 g/mol. The average Bonchev–Trinajstić information content (AvgIpc) is 3.11. The van der Waals surface area contributed by atoms with E-state index in [9.17, 15) is 18.0 Å². The van der Waals surface area contributed by atoms with Crippen LogP contribution in [0, 0.1) is 0 Å². The summed E-state index contributed by atoms with van der Waals surface area (Å²) in [7, 11) is 1.57. The van der Waals surface area contributed by atoms with E-state index in [-0.39, 0.29) is 5.69 Å². The Labute approximate surface area is 155 Å². The van der Waals surface area contributed by atoms with Gasteiger partial charge in [-0.3, -0.25) is 0 Å². The largest absolute Gasteiger partial charge is 0.497 e. The summed E-state index contributed by atoms with van der Waals surface area (Å²) in [4.78, 5) is 12.5. The molecule has 144 valence electrons. The van der Waals surface area contributed by atoms with Crippen molar-refractivity contribution in [2.75, 3.05) is 12.4 Å². The number of urea groups is 1. The molecule has 3 rings (SSSR count). The molecule has 2 aromatic carbocycles. The Bertz CT molecular complexity index is 798. The van der Waals surface area contributed by atoms with Crippen molar-refractivity contribution in [3.63, 3.8) is 0 Å². The molecule has 0 radical (unpaired) electrons. The SMILES string of the molecule is COc1ccc(C2(NC(=O)Nc3ccccc3C(F)(F)F)CCCC2)cc1. The maximum Gasteiger partial charge on any atom is 0.418 e. The van der Waals surface area contributed by atoms with Gasteiger partial charge >= 0.3 is 12.2 Å². The molecule has 0 unspecified atom stereocenters. The van der Waals surface area contributed by atoms with Crippen molar-refractivity contribution in [1.29, 1.82) is 0 Å². The lowest BCUT2D eigenvalue weighted by Crippen LogP contribution is -2.46. The zero-order valence-corrected chi connectivity index (χ0v) is 14.9. The summed E-state index contributed by atoms with van der Waals surface area (Å²) < 4.78 is 44.6. The maximum atomic E-state index is 13.1. The molecule has 2 N–H and O–H groups in total. The molecule has 0 aromatic heterocycles. The van der Waals surface area contributed by atoms with E-state index in [1.54, 1.807) is 7.11 Å². The quantitative estimate of drug-likeness (QED) is 0.758. The van der Waals surface area contributed by atoms with Crippen molar-refractivity contribution < 1.29 is 22.7 Å². The van der Waals surface area contributed by atoms with Gasteiger partial charge in [-0.2, -0.15) is 13.2 Å². The molecule has 2 amide bonds. The van der Waals surface area contributed by atoms with Gasteiger partial charge in [0.05, 0.1) is 23.9 Å². The summed E-state index contributed by atoms with van der Waals surface area (Å²) >= 11 is 0. The fraction of sp³-hybridized carbons (Fsp3) is 0.350. The van der Waals surface area contributed by atoms with Crippen LogP contribution in [-0.4, -0.2) is 13.1 Å². The van der Waals surface area contributed by atoms with Crippen molar-refractivity contribution >= 4 is 11.7 Å². The van der Waals surface area contributed by atoms with E-state index in [0.717, 1.165) is 37.3 Å². The summed E-state index contributed by atoms with van der Waals surface area (Å²) in [6, 6.07) is 11.7. The Balaban J connectivity index is 1.81. The third-order valence-corrected chi connectivity index (χ3v) is 4.93. The number of amides is 2. The summed E-state index contributed by atoms with van der Waals surface area (Å²) in [5.74, 6) is 0.704. The first-order chi connectivity index (χ1) is 12.8. The number of carbonyl (C=O) groups is 1. The third-order valence-electron chi connectivity index (χ3n) is 4.93. The van der Waals surface area contributed by atoms with Crippen molar-refractivity contribution in [2.24, 2.45) is 0 Å². The number of hydrogen-bond acceptors (Lipinski definition) is 2. The number of alkyl halides is 3. The zero-order valence-electron chi connectivity index (χ0n) is 14.9. The van der Waals surface area contributed by atoms with Gasteiger partial charge < -0.3 is 15.4 Å². The first kappa shape index (κ1) is 19.1. The summed E-state index contributed by atoms with van der Waals surface area (Å²) in [5, 5.41) is 5.28. The Morgan fingerprint density at radius 2 is 1.67 bits per heavy atom. The van der Waals surface area contributed by atoms with Crippen LogP contribution >= 0.6 is 0 Å². The highest BCUT2D eigenvalue weighted by atomic mass is 19.4. The first-order valence-electron chi connectivity index (χ1n) is 8.74. The van der Waals surface area contributed by atoms with E-state index >= 15 is 0 Å². The second-order valence-electron chi connectivity index (χ2n) is 6.64. The molecule has 0 heterocycles. The van der Waals surface area contributed by atoms with Crippen LogP contribution in [0.2, 0.25) is 0 Å². The number of para-hydroxylation sites is 1. The van der Waals surface area contributed by atoms with Crippen molar-refractivity contribution in [1.82, 2.24) is 5.32 Å². The normalized spacial score (nSPS) is 16.0.